The Morgan fingerprint density at radius 3 is 2.96 bits per heavy atom. The molecule has 0 unspecified atom stereocenters. The molecule has 0 saturated heterocycles. The highest BCUT2D eigenvalue weighted by molar-refractivity contribution is 5.95. The number of para-hydroxylation sites is 2. The van der Waals surface area contributed by atoms with Gasteiger partial charge in [-0.05, 0) is 24.3 Å². The predicted molar refractivity (Wildman–Crippen MR) is 91.4 cm³/mol. The third-order valence-electron chi connectivity index (χ3n) is 3.77. The summed E-state index contributed by atoms with van der Waals surface area (Å²) in [7, 11) is 0. The number of hydrogen-bond donors (Lipinski definition) is 3. The van der Waals surface area contributed by atoms with E-state index in [0.29, 0.717) is 23.8 Å². The van der Waals surface area contributed by atoms with E-state index in [4.69, 9.17) is 4.74 Å². The zero-order valence-electron chi connectivity index (χ0n) is 13.2. The molecule has 0 spiro atoms. The number of carbonyl (C=O) groups excluding carboxylic acids is 2. The minimum atomic E-state index is -0.270. The van der Waals surface area contributed by atoms with Crippen LogP contribution in [0.5, 0.6) is 5.75 Å². The van der Waals surface area contributed by atoms with Crippen LogP contribution < -0.4 is 15.4 Å². The first kappa shape index (κ1) is 15.1. The summed E-state index contributed by atoms with van der Waals surface area (Å²) in [5.74, 6) is 1.46. The monoisotopic (exact) mass is 337 g/mol. The Morgan fingerprint density at radius 2 is 2.08 bits per heavy atom. The molecule has 4 rings (SSSR count). The molecule has 1 aliphatic heterocycles. The number of aryl methyl sites for hydroxylation is 1. The Kier molecular flexibility index (Phi) is 3.77. The van der Waals surface area contributed by atoms with E-state index in [0.717, 1.165) is 16.9 Å². The van der Waals surface area contributed by atoms with Crippen molar-refractivity contribution in [2.45, 2.75) is 12.8 Å². The number of nitrogens with one attached hydrogen (secondary N) is 3. The quantitative estimate of drug-likeness (QED) is 0.673. The lowest BCUT2D eigenvalue weighted by Crippen LogP contribution is -2.26. The SMILES string of the molecule is O=C(CCc1nc2ccccc2[nH]1)Nc1ccc2c(n1)NC(=O)CO2. The number of rotatable bonds is 4. The van der Waals surface area contributed by atoms with Crippen molar-refractivity contribution in [2.24, 2.45) is 0 Å². The average Bonchev–Trinajstić information content (AvgIpc) is 3.02. The standard InChI is InChI=1S/C17H15N5O3/c23-15(8-7-13-18-10-3-1-2-4-11(10)19-13)20-14-6-5-12-17(21-14)22-16(24)9-25-12/h1-6H,7-9H2,(H,18,19)(H2,20,21,22,23,24). The molecule has 8 nitrogen and oxygen atoms in total. The van der Waals surface area contributed by atoms with Gasteiger partial charge >= 0.3 is 0 Å². The molecule has 2 amide bonds. The number of nitrogens with zero attached hydrogens (tertiary/aromatic N) is 2. The molecule has 0 aliphatic carbocycles. The fourth-order valence-corrected chi connectivity index (χ4v) is 2.59. The summed E-state index contributed by atoms with van der Waals surface area (Å²) in [5, 5.41) is 5.32. The van der Waals surface area contributed by atoms with Crippen molar-refractivity contribution in [2.75, 3.05) is 17.2 Å². The first-order valence-corrected chi connectivity index (χ1v) is 7.84. The molecular weight excluding hydrogens is 322 g/mol. The maximum absolute atomic E-state index is 12.1. The van der Waals surface area contributed by atoms with Crippen LogP contribution in [0.2, 0.25) is 0 Å². The van der Waals surface area contributed by atoms with Crippen LogP contribution in [0.3, 0.4) is 0 Å². The number of aromatic amines is 1. The molecule has 0 saturated carbocycles. The highest BCUT2D eigenvalue weighted by Crippen LogP contribution is 2.26. The van der Waals surface area contributed by atoms with Crippen LogP contribution in [0.1, 0.15) is 12.2 Å². The van der Waals surface area contributed by atoms with Gasteiger partial charge in [0, 0.05) is 12.8 Å². The molecule has 3 heterocycles. The highest BCUT2D eigenvalue weighted by atomic mass is 16.5. The molecule has 0 radical (unpaired) electrons. The lowest BCUT2D eigenvalue weighted by Gasteiger charge is -2.17. The van der Waals surface area contributed by atoms with Crippen molar-refractivity contribution >= 4 is 34.5 Å². The number of fused-ring (bicyclic) bond motifs is 2. The van der Waals surface area contributed by atoms with Gasteiger partial charge < -0.3 is 20.4 Å². The molecule has 126 valence electrons. The number of amides is 2. The van der Waals surface area contributed by atoms with Gasteiger partial charge in [0.15, 0.2) is 18.2 Å². The zero-order valence-corrected chi connectivity index (χ0v) is 13.2. The van der Waals surface area contributed by atoms with Crippen LogP contribution in [0.4, 0.5) is 11.6 Å². The molecule has 1 aromatic carbocycles. The Balaban J connectivity index is 1.39. The van der Waals surface area contributed by atoms with Crippen LogP contribution >= 0.6 is 0 Å². The molecule has 2 aromatic heterocycles. The second-order valence-electron chi connectivity index (χ2n) is 5.63. The van der Waals surface area contributed by atoms with Crippen LogP contribution in [-0.2, 0) is 16.0 Å². The average molecular weight is 337 g/mol. The molecule has 3 aromatic rings. The van der Waals surface area contributed by atoms with Crippen LogP contribution in [0.15, 0.2) is 36.4 Å². The fourth-order valence-electron chi connectivity index (χ4n) is 2.59. The highest BCUT2D eigenvalue weighted by Gasteiger charge is 2.18. The number of carbonyl (C=O) groups is 2. The van der Waals surface area contributed by atoms with Gasteiger partial charge in [-0.1, -0.05) is 12.1 Å². The van der Waals surface area contributed by atoms with E-state index < -0.39 is 0 Å². The van der Waals surface area contributed by atoms with E-state index >= 15 is 0 Å². The number of aromatic nitrogens is 3. The Labute approximate surface area is 142 Å². The maximum atomic E-state index is 12.1. The number of ether oxygens (including phenoxy) is 1. The van der Waals surface area contributed by atoms with E-state index in [1.807, 2.05) is 24.3 Å². The van der Waals surface area contributed by atoms with Gasteiger partial charge in [-0.15, -0.1) is 0 Å². The van der Waals surface area contributed by atoms with E-state index in [1.54, 1.807) is 12.1 Å². The Hall–Kier alpha value is -3.42. The summed E-state index contributed by atoms with van der Waals surface area (Å²) < 4.78 is 5.23. The van der Waals surface area contributed by atoms with Gasteiger partial charge in [0.25, 0.3) is 5.91 Å². The van der Waals surface area contributed by atoms with Gasteiger partial charge in [-0.2, -0.15) is 0 Å². The molecule has 0 fully saturated rings. The number of anilines is 2. The first-order valence-electron chi connectivity index (χ1n) is 7.84. The van der Waals surface area contributed by atoms with Gasteiger partial charge in [0.1, 0.15) is 11.6 Å². The molecule has 3 N–H and O–H groups in total. The maximum Gasteiger partial charge on any atom is 0.263 e. The normalized spacial score (nSPS) is 13.0. The lowest BCUT2D eigenvalue weighted by molar-refractivity contribution is -0.118. The van der Waals surface area contributed by atoms with Gasteiger partial charge in [-0.25, -0.2) is 9.97 Å². The fraction of sp³-hybridized carbons (Fsp3) is 0.176. The van der Waals surface area contributed by atoms with E-state index in [-0.39, 0.29) is 24.8 Å². The molecule has 0 atom stereocenters. The largest absolute Gasteiger partial charge is 0.480 e. The van der Waals surface area contributed by atoms with E-state index in [2.05, 4.69) is 25.6 Å². The first-order chi connectivity index (χ1) is 12.2. The van der Waals surface area contributed by atoms with Crippen molar-refractivity contribution in [3.63, 3.8) is 0 Å². The smallest absolute Gasteiger partial charge is 0.263 e. The van der Waals surface area contributed by atoms with Crippen LogP contribution in [0.25, 0.3) is 11.0 Å². The summed E-state index contributed by atoms with van der Waals surface area (Å²) in [4.78, 5) is 35.3. The number of pyridine rings is 1. The summed E-state index contributed by atoms with van der Waals surface area (Å²) >= 11 is 0. The Morgan fingerprint density at radius 1 is 1.20 bits per heavy atom. The van der Waals surface area contributed by atoms with Crippen LogP contribution in [-0.4, -0.2) is 33.4 Å². The third kappa shape index (κ3) is 3.27. The van der Waals surface area contributed by atoms with Crippen molar-refractivity contribution in [1.82, 2.24) is 15.0 Å². The van der Waals surface area contributed by atoms with Gasteiger partial charge in [0.05, 0.1) is 11.0 Å². The number of hydrogen-bond acceptors (Lipinski definition) is 5. The third-order valence-corrected chi connectivity index (χ3v) is 3.77. The van der Waals surface area contributed by atoms with E-state index in [9.17, 15) is 9.59 Å². The van der Waals surface area contributed by atoms with Crippen molar-refractivity contribution in [1.29, 1.82) is 0 Å². The summed E-state index contributed by atoms with van der Waals surface area (Å²) in [6.45, 7) is -0.0299. The molecule has 1 aliphatic rings. The second kappa shape index (κ2) is 6.23. The molecule has 0 bridgehead atoms. The summed E-state index contributed by atoms with van der Waals surface area (Å²) in [6.07, 6.45) is 0.757. The molecular formula is C17H15N5O3. The molecule has 25 heavy (non-hydrogen) atoms. The lowest BCUT2D eigenvalue weighted by atomic mass is 10.3. The number of H-pyrrole nitrogens is 1. The van der Waals surface area contributed by atoms with Crippen molar-refractivity contribution in [3.05, 3.63) is 42.2 Å². The predicted octanol–water partition coefficient (Wildman–Crippen LogP) is 1.86. The minimum Gasteiger partial charge on any atom is -0.480 e. The van der Waals surface area contributed by atoms with Crippen LogP contribution in [0, 0.1) is 0 Å². The van der Waals surface area contributed by atoms with Crippen molar-refractivity contribution in [3.8, 4) is 5.75 Å². The number of imidazole rings is 1. The van der Waals surface area contributed by atoms with E-state index in [1.165, 1.54) is 0 Å². The Bertz CT molecular complexity index is 933. The topological polar surface area (TPSA) is 109 Å². The van der Waals surface area contributed by atoms with Crippen molar-refractivity contribution < 1.29 is 14.3 Å². The summed E-state index contributed by atoms with van der Waals surface area (Å²) in [6, 6.07) is 11.0. The zero-order chi connectivity index (χ0) is 17.2. The molecule has 8 heteroatoms. The van der Waals surface area contributed by atoms with Gasteiger partial charge in [-0.3, -0.25) is 9.59 Å². The minimum absolute atomic E-state index is 0.0299. The number of benzene rings is 1. The van der Waals surface area contributed by atoms with Gasteiger partial charge in [0.2, 0.25) is 5.91 Å². The summed E-state index contributed by atoms with van der Waals surface area (Å²) in [5.41, 5.74) is 1.83. The second-order valence-corrected chi connectivity index (χ2v) is 5.63.